The lowest BCUT2D eigenvalue weighted by Gasteiger charge is -2.51. The first-order chi connectivity index (χ1) is 16.5. The molecular formula is C30H48O6. The molecule has 6 heteroatoms. The van der Waals surface area contributed by atoms with E-state index in [1.165, 1.54) is 0 Å². The van der Waals surface area contributed by atoms with Gasteiger partial charge in [-0.05, 0) is 106 Å². The zero-order valence-electron chi connectivity index (χ0n) is 23.1. The molecule has 0 aromatic heterocycles. The van der Waals surface area contributed by atoms with Gasteiger partial charge in [0, 0.05) is 12.0 Å². The monoisotopic (exact) mass is 504 g/mol. The SMILES string of the molecule is C=C(CC[C@@H](C)[C@H]1CC[C@H]2C3=C(C(=O)C[C@]12C)[C@@](C)(CC[C@@H](O)C(C)(C)O)CC[C@@H]3O)[C@@H](C)C(=O)O. The molecule has 0 spiro atoms. The summed E-state index contributed by atoms with van der Waals surface area (Å²) in [6.45, 7) is 15.4. The average molecular weight is 505 g/mol. The highest BCUT2D eigenvalue weighted by Crippen LogP contribution is 2.63. The van der Waals surface area contributed by atoms with Crippen LogP contribution in [0.2, 0.25) is 0 Å². The molecule has 0 radical (unpaired) electrons. The minimum atomic E-state index is -1.20. The molecule has 0 aliphatic heterocycles. The summed E-state index contributed by atoms with van der Waals surface area (Å²) in [6.07, 6.45) is 4.76. The van der Waals surface area contributed by atoms with Crippen molar-refractivity contribution in [2.75, 3.05) is 0 Å². The van der Waals surface area contributed by atoms with Gasteiger partial charge in [-0.15, -0.1) is 0 Å². The van der Waals surface area contributed by atoms with Crippen molar-refractivity contribution in [2.45, 2.75) is 117 Å². The highest BCUT2D eigenvalue weighted by Gasteiger charge is 2.58. The van der Waals surface area contributed by atoms with Gasteiger partial charge in [0.1, 0.15) is 0 Å². The summed E-state index contributed by atoms with van der Waals surface area (Å²) in [7, 11) is 0. The Morgan fingerprint density at radius 2 is 1.81 bits per heavy atom. The molecule has 3 aliphatic rings. The number of aliphatic hydroxyl groups is 3. The Labute approximate surface area is 216 Å². The van der Waals surface area contributed by atoms with E-state index >= 15 is 0 Å². The van der Waals surface area contributed by atoms with Crippen LogP contribution in [0.25, 0.3) is 0 Å². The smallest absolute Gasteiger partial charge is 0.310 e. The Balaban J connectivity index is 1.83. The van der Waals surface area contributed by atoms with Gasteiger partial charge in [-0.3, -0.25) is 9.59 Å². The first-order valence-electron chi connectivity index (χ1n) is 13.8. The number of allylic oxidation sites excluding steroid dienone is 1. The molecule has 0 saturated heterocycles. The normalized spacial score (nSPS) is 35.1. The van der Waals surface area contributed by atoms with Crippen LogP contribution in [0, 0.1) is 34.5 Å². The zero-order chi connectivity index (χ0) is 27.2. The van der Waals surface area contributed by atoms with Gasteiger partial charge >= 0.3 is 5.97 Å². The highest BCUT2D eigenvalue weighted by molar-refractivity contribution is 5.99. The number of rotatable bonds is 10. The van der Waals surface area contributed by atoms with Crippen LogP contribution in [-0.2, 0) is 9.59 Å². The third-order valence-electron chi connectivity index (χ3n) is 10.2. The summed E-state index contributed by atoms with van der Waals surface area (Å²) in [5, 5.41) is 41.1. The van der Waals surface area contributed by atoms with E-state index in [1.807, 2.05) is 0 Å². The van der Waals surface area contributed by atoms with E-state index in [2.05, 4.69) is 27.4 Å². The van der Waals surface area contributed by atoms with E-state index in [-0.39, 0.29) is 17.1 Å². The molecule has 3 rings (SSSR count). The van der Waals surface area contributed by atoms with Gasteiger partial charge in [0.15, 0.2) is 5.78 Å². The van der Waals surface area contributed by atoms with Crippen molar-refractivity contribution in [1.82, 2.24) is 0 Å². The topological polar surface area (TPSA) is 115 Å². The van der Waals surface area contributed by atoms with Crippen LogP contribution in [0.3, 0.4) is 0 Å². The molecule has 0 unspecified atom stereocenters. The van der Waals surface area contributed by atoms with Crippen LogP contribution in [0.4, 0.5) is 0 Å². The summed E-state index contributed by atoms with van der Waals surface area (Å²) in [4.78, 5) is 25.1. The highest BCUT2D eigenvalue weighted by atomic mass is 16.4. The molecule has 4 N–H and O–H groups in total. The number of aliphatic carboxylic acids is 1. The lowest BCUT2D eigenvalue weighted by atomic mass is 9.53. The molecule has 0 heterocycles. The van der Waals surface area contributed by atoms with Crippen LogP contribution in [0.1, 0.15) is 99.3 Å². The number of Topliss-reactive ketones (excluding diaryl/α,β-unsaturated/α-hetero) is 1. The average Bonchev–Trinajstić information content (AvgIpc) is 3.12. The maximum Gasteiger partial charge on any atom is 0.310 e. The van der Waals surface area contributed by atoms with Gasteiger partial charge in [-0.25, -0.2) is 0 Å². The van der Waals surface area contributed by atoms with Gasteiger partial charge in [0.25, 0.3) is 0 Å². The second-order valence-corrected chi connectivity index (χ2v) is 13.2. The Hall–Kier alpha value is -1.50. The standard InChI is InChI=1S/C30H48O6/c1-17(19(3)27(34)35)8-9-18(2)20-10-11-21-25-22(31)12-14-29(6,15-13-24(33)28(4,5)36)26(25)23(32)16-30(20,21)7/h18-22,24,31,33,36H,1,8-16H2,2-7H3,(H,34,35)/t18-,19-,20-,21+,22+,24-,29-,30-/m1/s1. The van der Waals surface area contributed by atoms with Crippen molar-refractivity contribution in [3.63, 3.8) is 0 Å². The molecule has 8 atom stereocenters. The maximum atomic E-state index is 13.8. The lowest BCUT2D eigenvalue weighted by molar-refractivity contribution is -0.139. The van der Waals surface area contributed by atoms with Gasteiger partial charge in [-0.1, -0.05) is 32.9 Å². The molecular weight excluding hydrogens is 456 g/mol. The number of fused-ring (bicyclic) bond motifs is 2. The number of aliphatic hydroxyl groups excluding tert-OH is 2. The van der Waals surface area contributed by atoms with Crippen molar-refractivity contribution >= 4 is 11.8 Å². The first kappa shape index (κ1) is 29.1. The molecule has 0 amide bonds. The number of carbonyl (C=O) groups is 2. The largest absolute Gasteiger partial charge is 0.481 e. The Bertz CT molecular complexity index is 913. The number of carboxylic acids is 1. The summed E-state index contributed by atoms with van der Waals surface area (Å²) < 4.78 is 0. The second kappa shape index (κ2) is 10.3. The van der Waals surface area contributed by atoms with E-state index in [0.29, 0.717) is 50.4 Å². The van der Waals surface area contributed by atoms with E-state index < -0.39 is 35.1 Å². The molecule has 0 aromatic rings. The van der Waals surface area contributed by atoms with Gasteiger partial charge in [0.2, 0.25) is 0 Å². The van der Waals surface area contributed by atoms with Crippen molar-refractivity contribution < 1.29 is 30.0 Å². The minimum absolute atomic E-state index is 0.130. The van der Waals surface area contributed by atoms with Crippen LogP contribution in [0.15, 0.2) is 23.3 Å². The molecule has 3 aliphatic carbocycles. The summed E-state index contributed by atoms with van der Waals surface area (Å²) in [6, 6.07) is 0. The molecule has 0 bridgehead atoms. The minimum Gasteiger partial charge on any atom is -0.481 e. The van der Waals surface area contributed by atoms with E-state index in [9.17, 15) is 30.0 Å². The fourth-order valence-electron chi connectivity index (χ4n) is 7.62. The van der Waals surface area contributed by atoms with Crippen LogP contribution in [0.5, 0.6) is 0 Å². The molecule has 0 aromatic carbocycles. The summed E-state index contributed by atoms with van der Waals surface area (Å²) in [5.41, 5.74) is 0.654. The zero-order valence-corrected chi connectivity index (χ0v) is 23.1. The number of carboxylic acid groups (broad SMARTS) is 1. The van der Waals surface area contributed by atoms with Crippen molar-refractivity contribution in [1.29, 1.82) is 0 Å². The lowest BCUT2D eigenvalue weighted by Crippen LogP contribution is -2.48. The van der Waals surface area contributed by atoms with Crippen molar-refractivity contribution in [3.8, 4) is 0 Å². The van der Waals surface area contributed by atoms with E-state index in [4.69, 9.17) is 0 Å². The number of hydrogen-bond acceptors (Lipinski definition) is 5. The fraction of sp³-hybridized carbons (Fsp3) is 0.800. The molecule has 6 nitrogen and oxygen atoms in total. The van der Waals surface area contributed by atoms with Crippen LogP contribution < -0.4 is 0 Å². The summed E-state index contributed by atoms with van der Waals surface area (Å²) in [5.74, 6) is -0.466. The molecule has 204 valence electrons. The Morgan fingerprint density at radius 1 is 1.17 bits per heavy atom. The Kier molecular flexibility index (Phi) is 8.35. The van der Waals surface area contributed by atoms with E-state index in [1.54, 1.807) is 20.8 Å². The predicted octanol–water partition coefficient (Wildman–Crippen LogP) is 5.05. The van der Waals surface area contributed by atoms with Crippen LogP contribution >= 0.6 is 0 Å². The fourth-order valence-corrected chi connectivity index (χ4v) is 7.62. The number of hydrogen-bond donors (Lipinski definition) is 4. The van der Waals surface area contributed by atoms with Crippen LogP contribution in [-0.4, -0.2) is 50.0 Å². The second-order valence-electron chi connectivity index (χ2n) is 13.2. The molecule has 1 fully saturated rings. The van der Waals surface area contributed by atoms with Crippen molar-refractivity contribution in [2.24, 2.45) is 34.5 Å². The number of ketones is 1. The van der Waals surface area contributed by atoms with Crippen molar-refractivity contribution in [3.05, 3.63) is 23.3 Å². The molecule has 36 heavy (non-hydrogen) atoms. The number of carbonyl (C=O) groups excluding carboxylic acids is 1. The maximum absolute atomic E-state index is 13.8. The van der Waals surface area contributed by atoms with E-state index in [0.717, 1.165) is 36.0 Å². The third kappa shape index (κ3) is 5.37. The van der Waals surface area contributed by atoms with Gasteiger partial charge in [-0.2, -0.15) is 0 Å². The first-order valence-corrected chi connectivity index (χ1v) is 13.8. The Morgan fingerprint density at radius 3 is 2.39 bits per heavy atom. The third-order valence-corrected chi connectivity index (χ3v) is 10.2. The summed E-state index contributed by atoms with van der Waals surface area (Å²) >= 11 is 0. The van der Waals surface area contributed by atoms with Gasteiger partial charge < -0.3 is 20.4 Å². The predicted molar refractivity (Wildman–Crippen MR) is 140 cm³/mol. The molecule has 1 saturated carbocycles. The quantitative estimate of drug-likeness (QED) is 0.309. The van der Waals surface area contributed by atoms with Gasteiger partial charge in [0.05, 0.1) is 23.7 Å².